The van der Waals surface area contributed by atoms with E-state index >= 15 is 0 Å². The highest BCUT2D eigenvalue weighted by molar-refractivity contribution is 7.89. The summed E-state index contributed by atoms with van der Waals surface area (Å²) in [5.41, 5.74) is 1.33. The number of carbonyl (C=O) groups excluding carboxylic acids is 1. The fourth-order valence-electron chi connectivity index (χ4n) is 2.60. The lowest BCUT2D eigenvalue weighted by Gasteiger charge is -2.21. The highest BCUT2D eigenvalue weighted by atomic mass is 32.2. The number of nitrogens with zero attached hydrogens (tertiary/aromatic N) is 1. The Kier molecular flexibility index (Phi) is 6.52. The molecule has 0 saturated heterocycles. The monoisotopic (exact) mass is 376 g/mol. The molecule has 0 heterocycles. The van der Waals surface area contributed by atoms with Crippen molar-refractivity contribution in [2.24, 2.45) is 0 Å². The Morgan fingerprint density at radius 3 is 2.31 bits per heavy atom. The van der Waals surface area contributed by atoms with Crippen LogP contribution in [0.25, 0.3) is 0 Å². The fourth-order valence-corrected chi connectivity index (χ4v) is 3.54. The van der Waals surface area contributed by atoms with E-state index in [1.807, 2.05) is 44.4 Å². The molecule has 6 nitrogen and oxygen atoms in total. The minimum absolute atomic E-state index is 0.102. The SMILES string of the molecule is CN(C)S(=O)(=O)c1cccc(C(=O)N[C@H](C[NH+](C)C)c2ccccc2)c1. The minimum atomic E-state index is -3.58. The first-order chi connectivity index (χ1) is 12.2. The van der Waals surface area contributed by atoms with E-state index in [2.05, 4.69) is 5.32 Å². The van der Waals surface area contributed by atoms with Crippen LogP contribution in [0.3, 0.4) is 0 Å². The van der Waals surface area contributed by atoms with Crippen LogP contribution in [0.15, 0.2) is 59.5 Å². The molecule has 0 aromatic heterocycles. The first-order valence-electron chi connectivity index (χ1n) is 8.39. The Hall–Kier alpha value is -2.22. The molecular formula is C19H26N3O3S+. The normalized spacial score (nSPS) is 13.0. The summed E-state index contributed by atoms with van der Waals surface area (Å²) >= 11 is 0. The highest BCUT2D eigenvalue weighted by Gasteiger charge is 2.21. The van der Waals surface area contributed by atoms with Gasteiger partial charge in [-0.25, -0.2) is 12.7 Å². The Morgan fingerprint density at radius 1 is 1.08 bits per heavy atom. The second-order valence-corrected chi connectivity index (χ2v) is 8.82. The summed E-state index contributed by atoms with van der Waals surface area (Å²) < 4.78 is 25.7. The zero-order valence-corrected chi connectivity index (χ0v) is 16.4. The van der Waals surface area contributed by atoms with E-state index in [4.69, 9.17) is 0 Å². The molecule has 7 heteroatoms. The van der Waals surface area contributed by atoms with Crippen LogP contribution in [-0.4, -0.2) is 53.4 Å². The molecule has 2 aromatic rings. The molecule has 0 saturated carbocycles. The van der Waals surface area contributed by atoms with Gasteiger partial charge < -0.3 is 10.2 Å². The molecule has 2 rings (SSSR count). The van der Waals surface area contributed by atoms with Gasteiger partial charge in [0.25, 0.3) is 5.91 Å². The van der Waals surface area contributed by atoms with Gasteiger partial charge in [0.1, 0.15) is 12.6 Å². The number of hydrogen-bond acceptors (Lipinski definition) is 3. The first-order valence-corrected chi connectivity index (χ1v) is 9.83. The van der Waals surface area contributed by atoms with Gasteiger partial charge in [0.2, 0.25) is 10.0 Å². The summed E-state index contributed by atoms with van der Waals surface area (Å²) in [6.07, 6.45) is 0. The Morgan fingerprint density at radius 2 is 1.73 bits per heavy atom. The van der Waals surface area contributed by atoms with E-state index in [-0.39, 0.29) is 16.8 Å². The number of hydrogen-bond donors (Lipinski definition) is 2. The topological polar surface area (TPSA) is 70.9 Å². The molecule has 0 bridgehead atoms. The molecule has 0 radical (unpaired) electrons. The van der Waals surface area contributed by atoms with Gasteiger partial charge in [0.15, 0.2) is 0 Å². The maximum atomic E-state index is 12.7. The summed E-state index contributed by atoms with van der Waals surface area (Å²) in [6.45, 7) is 0.714. The van der Waals surface area contributed by atoms with Crippen LogP contribution in [0.5, 0.6) is 0 Å². The summed E-state index contributed by atoms with van der Waals surface area (Å²) in [4.78, 5) is 14.0. The number of carbonyl (C=O) groups is 1. The quantitative estimate of drug-likeness (QED) is 0.742. The van der Waals surface area contributed by atoms with Crippen molar-refractivity contribution in [2.45, 2.75) is 10.9 Å². The number of quaternary nitrogens is 1. The predicted molar refractivity (Wildman–Crippen MR) is 102 cm³/mol. The third-order valence-electron chi connectivity index (χ3n) is 3.99. The molecule has 2 N–H and O–H groups in total. The smallest absolute Gasteiger partial charge is 0.252 e. The van der Waals surface area contributed by atoms with Crippen LogP contribution in [0, 0.1) is 0 Å². The van der Waals surface area contributed by atoms with Crippen molar-refractivity contribution in [2.75, 3.05) is 34.7 Å². The van der Waals surface area contributed by atoms with Crippen LogP contribution < -0.4 is 10.2 Å². The fraction of sp³-hybridized carbons (Fsp3) is 0.316. The second kappa shape index (κ2) is 8.44. The van der Waals surface area contributed by atoms with Gasteiger partial charge in [-0.15, -0.1) is 0 Å². The van der Waals surface area contributed by atoms with Crippen molar-refractivity contribution in [3.63, 3.8) is 0 Å². The van der Waals surface area contributed by atoms with Gasteiger partial charge >= 0.3 is 0 Å². The Balaban J connectivity index is 2.27. The van der Waals surface area contributed by atoms with Crippen molar-refractivity contribution >= 4 is 15.9 Å². The third kappa shape index (κ3) is 4.91. The lowest BCUT2D eigenvalue weighted by molar-refractivity contribution is -0.860. The van der Waals surface area contributed by atoms with Gasteiger partial charge in [0, 0.05) is 19.7 Å². The number of amides is 1. The van der Waals surface area contributed by atoms with E-state index < -0.39 is 10.0 Å². The van der Waals surface area contributed by atoms with E-state index in [9.17, 15) is 13.2 Å². The largest absolute Gasteiger partial charge is 0.340 e. The maximum absolute atomic E-state index is 12.7. The summed E-state index contributed by atoms with van der Waals surface area (Å²) in [5, 5.41) is 3.02. The van der Waals surface area contributed by atoms with Crippen LogP contribution in [0.4, 0.5) is 0 Å². The van der Waals surface area contributed by atoms with Crippen molar-refractivity contribution in [1.82, 2.24) is 9.62 Å². The molecule has 26 heavy (non-hydrogen) atoms. The molecule has 1 atom stereocenters. The van der Waals surface area contributed by atoms with Crippen LogP contribution in [0.2, 0.25) is 0 Å². The molecule has 0 aliphatic heterocycles. The zero-order chi connectivity index (χ0) is 19.3. The van der Waals surface area contributed by atoms with E-state index in [0.717, 1.165) is 9.87 Å². The molecule has 2 aromatic carbocycles. The number of rotatable bonds is 7. The molecule has 0 fully saturated rings. The van der Waals surface area contributed by atoms with Gasteiger partial charge in [-0.05, 0) is 23.8 Å². The van der Waals surface area contributed by atoms with E-state index in [1.54, 1.807) is 12.1 Å². The molecule has 0 unspecified atom stereocenters. The predicted octanol–water partition coefficient (Wildman–Crippen LogP) is 0.553. The molecule has 0 spiro atoms. The first kappa shape index (κ1) is 20.1. The summed E-state index contributed by atoms with van der Waals surface area (Å²) in [5.74, 6) is -0.295. The van der Waals surface area contributed by atoms with Crippen LogP contribution in [0.1, 0.15) is 22.0 Å². The molecule has 0 aliphatic rings. The van der Waals surface area contributed by atoms with Crippen molar-refractivity contribution < 1.29 is 18.1 Å². The minimum Gasteiger partial charge on any atom is -0.340 e. The lowest BCUT2D eigenvalue weighted by Crippen LogP contribution is -3.06. The van der Waals surface area contributed by atoms with E-state index in [0.29, 0.717) is 12.1 Å². The summed E-state index contributed by atoms with van der Waals surface area (Å²) in [6, 6.07) is 15.7. The van der Waals surface area contributed by atoms with E-state index in [1.165, 1.54) is 31.1 Å². The molecular weight excluding hydrogens is 350 g/mol. The lowest BCUT2D eigenvalue weighted by atomic mass is 10.1. The second-order valence-electron chi connectivity index (χ2n) is 6.66. The maximum Gasteiger partial charge on any atom is 0.252 e. The van der Waals surface area contributed by atoms with Crippen molar-refractivity contribution in [1.29, 1.82) is 0 Å². The average Bonchev–Trinajstić information content (AvgIpc) is 2.61. The standard InChI is InChI=1S/C19H25N3O3S/c1-21(2)14-18(15-9-6-5-7-10-15)20-19(23)16-11-8-12-17(13-16)26(24,25)22(3)4/h5-13,18H,14H2,1-4H3,(H,20,23)/p+1/t18-/m1/s1. The van der Waals surface area contributed by atoms with Crippen LogP contribution in [-0.2, 0) is 10.0 Å². The molecule has 140 valence electrons. The zero-order valence-electron chi connectivity index (χ0n) is 15.6. The number of nitrogens with one attached hydrogen (secondary N) is 2. The van der Waals surface area contributed by atoms with Crippen molar-refractivity contribution in [3.8, 4) is 0 Å². The van der Waals surface area contributed by atoms with Crippen LogP contribution >= 0.6 is 0 Å². The number of likely N-dealkylation sites (N-methyl/N-ethyl adjacent to an activating group) is 1. The highest BCUT2D eigenvalue weighted by Crippen LogP contribution is 2.16. The molecule has 1 amide bonds. The number of sulfonamides is 1. The van der Waals surface area contributed by atoms with Gasteiger partial charge in [0.05, 0.1) is 19.0 Å². The Bertz CT molecular complexity index is 849. The average molecular weight is 377 g/mol. The van der Waals surface area contributed by atoms with Gasteiger partial charge in [-0.3, -0.25) is 4.79 Å². The van der Waals surface area contributed by atoms with Gasteiger partial charge in [-0.1, -0.05) is 36.4 Å². The Labute approximate surface area is 155 Å². The van der Waals surface area contributed by atoms with Gasteiger partial charge in [-0.2, -0.15) is 0 Å². The summed E-state index contributed by atoms with van der Waals surface area (Å²) in [7, 11) is 3.39. The number of benzene rings is 2. The molecule has 0 aliphatic carbocycles. The third-order valence-corrected chi connectivity index (χ3v) is 5.81. The van der Waals surface area contributed by atoms with Crippen molar-refractivity contribution in [3.05, 3.63) is 65.7 Å².